The molecule has 7 heteroatoms. The van der Waals surface area contributed by atoms with Crippen molar-refractivity contribution >= 4 is 22.4 Å². The van der Waals surface area contributed by atoms with E-state index in [0.717, 1.165) is 31.3 Å². The molecule has 0 radical (unpaired) electrons. The monoisotopic (exact) mass is 297 g/mol. The maximum absolute atomic E-state index is 11.8. The topological polar surface area (TPSA) is 65.7 Å². The van der Waals surface area contributed by atoms with E-state index in [0.29, 0.717) is 13.0 Å². The number of carbonyl (C=O) groups excluding carboxylic acids is 1. The highest BCUT2D eigenvalue weighted by Crippen LogP contribution is 2.20. The fourth-order valence-electron chi connectivity index (χ4n) is 2.40. The zero-order chi connectivity index (χ0) is 14.5. The number of amides is 1. The summed E-state index contributed by atoms with van der Waals surface area (Å²) in [5, 5.41) is 3.08. The first kappa shape index (κ1) is 15.2. The standard InChI is InChI=1S/C13H23N5OS/c1-16(2)12(19)9-11(10-14)17-4-6-18(7-5-17)13-15-3-8-20-13/h3,8,11H,4-7,9-10,14H2,1-2H3. The zero-order valence-corrected chi connectivity index (χ0v) is 13.0. The van der Waals surface area contributed by atoms with Crippen LogP contribution in [0, 0.1) is 0 Å². The van der Waals surface area contributed by atoms with E-state index in [4.69, 9.17) is 5.73 Å². The van der Waals surface area contributed by atoms with Crippen molar-refractivity contribution in [3.63, 3.8) is 0 Å². The lowest BCUT2D eigenvalue weighted by molar-refractivity contribution is -0.130. The Kier molecular flexibility index (Phi) is 5.33. The van der Waals surface area contributed by atoms with Gasteiger partial charge in [0, 0.05) is 70.9 Å². The molecule has 1 aliphatic rings. The summed E-state index contributed by atoms with van der Waals surface area (Å²) >= 11 is 1.67. The van der Waals surface area contributed by atoms with E-state index in [-0.39, 0.29) is 11.9 Å². The molecule has 1 aromatic heterocycles. The van der Waals surface area contributed by atoms with E-state index < -0.39 is 0 Å². The fraction of sp³-hybridized carbons (Fsp3) is 0.692. The molecule has 1 atom stereocenters. The number of nitrogens with two attached hydrogens (primary N) is 1. The van der Waals surface area contributed by atoms with Gasteiger partial charge in [0.2, 0.25) is 5.91 Å². The molecule has 0 spiro atoms. The molecule has 1 saturated heterocycles. The Bertz CT molecular complexity index is 414. The Labute approximate surface area is 124 Å². The molecule has 1 aromatic rings. The summed E-state index contributed by atoms with van der Waals surface area (Å²) in [6, 6.07) is 0.142. The first-order valence-corrected chi connectivity index (χ1v) is 7.78. The second-order valence-corrected chi connectivity index (χ2v) is 6.09. The predicted octanol–water partition coefficient (Wildman–Crippen LogP) is 0.0707. The van der Waals surface area contributed by atoms with Crippen molar-refractivity contribution < 1.29 is 4.79 Å². The molecule has 1 fully saturated rings. The number of aromatic nitrogens is 1. The molecule has 20 heavy (non-hydrogen) atoms. The number of thiazole rings is 1. The summed E-state index contributed by atoms with van der Waals surface area (Å²) in [5.74, 6) is 0.141. The molecule has 1 unspecified atom stereocenters. The van der Waals surface area contributed by atoms with Crippen molar-refractivity contribution in [2.45, 2.75) is 12.5 Å². The Morgan fingerprint density at radius 1 is 1.45 bits per heavy atom. The lowest BCUT2D eigenvalue weighted by Gasteiger charge is -2.38. The van der Waals surface area contributed by atoms with Crippen LogP contribution in [-0.4, -0.2) is 73.6 Å². The van der Waals surface area contributed by atoms with Crippen LogP contribution in [0.15, 0.2) is 11.6 Å². The van der Waals surface area contributed by atoms with Crippen LogP contribution in [0.3, 0.4) is 0 Å². The number of hydrogen-bond acceptors (Lipinski definition) is 6. The predicted molar refractivity (Wildman–Crippen MR) is 82.1 cm³/mol. The van der Waals surface area contributed by atoms with Crippen molar-refractivity contribution in [3.8, 4) is 0 Å². The summed E-state index contributed by atoms with van der Waals surface area (Å²) in [6.45, 7) is 4.28. The van der Waals surface area contributed by atoms with Gasteiger partial charge in [-0.2, -0.15) is 0 Å². The summed E-state index contributed by atoms with van der Waals surface area (Å²) < 4.78 is 0. The van der Waals surface area contributed by atoms with Crippen molar-refractivity contribution in [2.75, 3.05) is 51.7 Å². The Morgan fingerprint density at radius 3 is 2.65 bits per heavy atom. The Balaban J connectivity index is 1.86. The van der Waals surface area contributed by atoms with E-state index in [2.05, 4.69) is 14.8 Å². The Hall–Kier alpha value is -1.18. The van der Waals surface area contributed by atoms with Gasteiger partial charge in [-0.25, -0.2) is 4.98 Å². The van der Waals surface area contributed by atoms with Crippen LogP contribution < -0.4 is 10.6 Å². The Morgan fingerprint density at radius 2 is 2.15 bits per heavy atom. The molecule has 2 N–H and O–H groups in total. The fourth-order valence-corrected chi connectivity index (χ4v) is 3.09. The highest BCUT2D eigenvalue weighted by atomic mass is 32.1. The molecule has 2 rings (SSSR count). The van der Waals surface area contributed by atoms with Gasteiger partial charge in [0.25, 0.3) is 0 Å². The van der Waals surface area contributed by atoms with Crippen molar-refractivity contribution in [1.29, 1.82) is 0 Å². The van der Waals surface area contributed by atoms with E-state index in [9.17, 15) is 4.79 Å². The molecule has 0 aromatic carbocycles. The molecule has 0 bridgehead atoms. The highest BCUT2D eigenvalue weighted by Gasteiger charge is 2.25. The number of anilines is 1. The molecule has 1 amide bonds. The summed E-state index contributed by atoms with van der Waals surface area (Å²) in [5.41, 5.74) is 5.84. The molecule has 2 heterocycles. The molecular weight excluding hydrogens is 274 g/mol. The van der Waals surface area contributed by atoms with Gasteiger partial charge in [0.05, 0.1) is 0 Å². The van der Waals surface area contributed by atoms with Crippen LogP contribution in [0.4, 0.5) is 5.13 Å². The van der Waals surface area contributed by atoms with Crippen molar-refractivity contribution in [3.05, 3.63) is 11.6 Å². The summed E-state index contributed by atoms with van der Waals surface area (Å²) in [4.78, 5) is 22.4. The normalized spacial score (nSPS) is 18.1. The zero-order valence-electron chi connectivity index (χ0n) is 12.2. The maximum Gasteiger partial charge on any atom is 0.223 e. The van der Waals surface area contributed by atoms with Gasteiger partial charge in [0.1, 0.15) is 0 Å². The van der Waals surface area contributed by atoms with E-state index in [1.165, 1.54) is 0 Å². The number of nitrogens with zero attached hydrogens (tertiary/aromatic N) is 4. The van der Waals surface area contributed by atoms with Crippen molar-refractivity contribution in [1.82, 2.24) is 14.8 Å². The quantitative estimate of drug-likeness (QED) is 0.833. The van der Waals surface area contributed by atoms with Crippen LogP contribution in [-0.2, 0) is 4.79 Å². The lowest BCUT2D eigenvalue weighted by atomic mass is 10.1. The largest absolute Gasteiger partial charge is 0.349 e. The minimum Gasteiger partial charge on any atom is -0.349 e. The number of piperazine rings is 1. The van der Waals surface area contributed by atoms with Crippen LogP contribution in [0.1, 0.15) is 6.42 Å². The average Bonchev–Trinajstić information content (AvgIpc) is 2.98. The highest BCUT2D eigenvalue weighted by molar-refractivity contribution is 7.13. The van der Waals surface area contributed by atoms with E-state index in [1.54, 1.807) is 30.3 Å². The molecule has 1 aliphatic heterocycles. The van der Waals surface area contributed by atoms with Gasteiger partial charge in [-0.1, -0.05) is 0 Å². The third-order valence-corrected chi connectivity index (χ3v) is 4.53. The third-order valence-electron chi connectivity index (χ3n) is 3.70. The number of carbonyl (C=O) groups is 1. The second-order valence-electron chi connectivity index (χ2n) is 5.22. The molecule has 0 saturated carbocycles. The molecule has 112 valence electrons. The smallest absolute Gasteiger partial charge is 0.223 e. The van der Waals surface area contributed by atoms with Crippen LogP contribution >= 0.6 is 11.3 Å². The van der Waals surface area contributed by atoms with E-state index in [1.807, 2.05) is 11.6 Å². The minimum atomic E-state index is 0.141. The molecular formula is C13H23N5OS. The van der Waals surface area contributed by atoms with Gasteiger partial charge in [-0.3, -0.25) is 9.69 Å². The minimum absolute atomic E-state index is 0.141. The second kappa shape index (κ2) is 7.01. The lowest BCUT2D eigenvalue weighted by Crippen LogP contribution is -2.53. The molecule has 6 nitrogen and oxygen atoms in total. The number of rotatable bonds is 5. The summed E-state index contributed by atoms with van der Waals surface area (Å²) in [7, 11) is 3.58. The van der Waals surface area contributed by atoms with Crippen LogP contribution in [0.25, 0.3) is 0 Å². The van der Waals surface area contributed by atoms with Crippen LogP contribution in [0.2, 0.25) is 0 Å². The number of hydrogen-bond donors (Lipinski definition) is 1. The van der Waals surface area contributed by atoms with Gasteiger partial charge >= 0.3 is 0 Å². The van der Waals surface area contributed by atoms with Gasteiger partial charge in [0.15, 0.2) is 5.13 Å². The SMILES string of the molecule is CN(C)C(=O)CC(CN)N1CCN(c2nccs2)CC1. The van der Waals surface area contributed by atoms with E-state index >= 15 is 0 Å². The van der Waals surface area contributed by atoms with Gasteiger partial charge in [-0.05, 0) is 0 Å². The van der Waals surface area contributed by atoms with Crippen molar-refractivity contribution in [2.24, 2.45) is 5.73 Å². The average molecular weight is 297 g/mol. The first-order chi connectivity index (χ1) is 9.61. The first-order valence-electron chi connectivity index (χ1n) is 6.90. The third kappa shape index (κ3) is 3.68. The van der Waals surface area contributed by atoms with Gasteiger partial charge < -0.3 is 15.5 Å². The maximum atomic E-state index is 11.8. The molecule has 0 aliphatic carbocycles. The summed E-state index contributed by atoms with van der Waals surface area (Å²) in [6.07, 6.45) is 2.34. The van der Waals surface area contributed by atoms with Gasteiger partial charge in [-0.15, -0.1) is 11.3 Å². The van der Waals surface area contributed by atoms with Crippen LogP contribution in [0.5, 0.6) is 0 Å².